The lowest BCUT2D eigenvalue weighted by atomic mass is 10.2. The Morgan fingerprint density at radius 3 is 2.00 bits per heavy atom. The molecule has 0 fully saturated rings. The molecule has 216 valence electrons. The number of benzene rings is 1. The van der Waals surface area contributed by atoms with E-state index < -0.39 is 23.7 Å². The van der Waals surface area contributed by atoms with Crippen LogP contribution in [-0.4, -0.2) is 97.9 Å². The number of nitrogens with one attached hydrogen (secondary N) is 2. The van der Waals surface area contributed by atoms with Crippen LogP contribution in [0.4, 0.5) is 14.4 Å². The second kappa shape index (κ2) is 17.1. The summed E-state index contributed by atoms with van der Waals surface area (Å²) in [6, 6.07) is 8.83. The summed E-state index contributed by atoms with van der Waals surface area (Å²) >= 11 is 0. The van der Waals surface area contributed by atoms with Gasteiger partial charge in [0.15, 0.2) is 0 Å². The number of ether oxygens (including phenoxy) is 2. The topological polar surface area (TPSA) is 121 Å². The molecule has 0 aliphatic heterocycles. The predicted octanol–water partition coefficient (Wildman–Crippen LogP) is 3.54. The Bertz CT molecular complexity index is 872. The minimum Gasteiger partial charge on any atom is -0.468 e. The summed E-state index contributed by atoms with van der Waals surface area (Å²) in [5.74, 6) is -0.314. The van der Waals surface area contributed by atoms with Gasteiger partial charge in [-0.2, -0.15) is 0 Å². The first kappa shape index (κ1) is 34.5. The van der Waals surface area contributed by atoms with E-state index >= 15 is 0 Å². The summed E-state index contributed by atoms with van der Waals surface area (Å²) in [5.41, 5.74) is 0.313. The van der Waals surface area contributed by atoms with Gasteiger partial charge in [-0.15, -0.1) is 0 Å². The molecular weight excluding hydrogens is 490 g/mol. The quantitative estimate of drug-likeness (QED) is 0.394. The smallest absolute Gasteiger partial charge is 0.410 e. The molecule has 0 heterocycles. The molecule has 0 atom stereocenters. The fraction of sp³-hybridized carbons (Fsp3) is 0.630. The van der Waals surface area contributed by atoms with E-state index in [-0.39, 0.29) is 52.1 Å². The van der Waals surface area contributed by atoms with Gasteiger partial charge in [0.1, 0.15) is 12.1 Å². The largest absolute Gasteiger partial charge is 0.468 e. The van der Waals surface area contributed by atoms with Crippen molar-refractivity contribution >= 4 is 24.1 Å². The molecule has 0 bridgehead atoms. The number of hydrogen-bond acceptors (Lipinski definition) is 6. The van der Waals surface area contributed by atoms with Crippen LogP contribution in [0.15, 0.2) is 30.3 Å². The Morgan fingerprint density at radius 1 is 0.921 bits per heavy atom. The predicted molar refractivity (Wildman–Crippen MR) is 148 cm³/mol. The van der Waals surface area contributed by atoms with E-state index in [0.717, 1.165) is 5.56 Å². The first-order valence-corrected chi connectivity index (χ1v) is 12.4. The molecule has 11 heteroatoms. The third-order valence-electron chi connectivity index (χ3n) is 5.00. The van der Waals surface area contributed by atoms with Crippen molar-refractivity contribution < 1.29 is 28.7 Å². The number of hydrogen-bond donors (Lipinski definition) is 2. The average molecular weight is 538 g/mol. The minimum atomic E-state index is -0.640. The summed E-state index contributed by atoms with van der Waals surface area (Å²) in [6.45, 7) is 11.1. The van der Waals surface area contributed by atoms with Crippen molar-refractivity contribution in [2.75, 3.05) is 53.4 Å². The first-order chi connectivity index (χ1) is 17.3. The summed E-state index contributed by atoms with van der Waals surface area (Å²) in [4.78, 5) is 53.6. The SMILES string of the molecule is C.COC(=O)CN(C)C(=O)NCCN(CC(C)C)C(=O)NCCN(Cc1ccccc1)C(=O)OC(C)(C)C. The van der Waals surface area contributed by atoms with Gasteiger partial charge in [-0.25, -0.2) is 14.4 Å². The van der Waals surface area contributed by atoms with Crippen molar-refractivity contribution in [3.05, 3.63) is 35.9 Å². The van der Waals surface area contributed by atoms with Gasteiger partial charge in [0.25, 0.3) is 0 Å². The van der Waals surface area contributed by atoms with Gasteiger partial charge in [0.2, 0.25) is 0 Å². The lowest BCUT2D eigenvalue weighted by Gasteiger charge is -2.29. The Hall–Kier alpha value is -3.50. The fourth-order valence-corrected chi connectivity index (χ4v) is 3.25. The lowest BCUT2D eigenvalue weighted by molar-refractivity contribution is -0.141. The zero-order valence-electron chi connectivity index (χ0n) is 23.2. The van der Waals surface area contributed by atoms with Crippen LogP contribution in [0.2, 0.25) is 0 Å². The molecule has 1 aromatic rings. The van der Waals surface area contributed by atoms with Crippen LogP contribution in [0, 0.1) is 5.92 Å². The Morgan fingerprint density at radius 2 is 1.47 bits per heavy atom. The van der Waals surface area contributed by atoms with Crippen LogP contribution in [0.5, 0.6) is 0 Å². The maximum Gasteiger partial charge on any atom is 0.410 e. The van der Waals surface area contributed by atoms with Gasteiger partial charge >= 0.3 is 24.1 Å². The van der Waals surface area contributed by atoms with Gasteiger partial charge in [-0.1, -0.05) is 51.6 Å². The number of nitrogens with zero attached hydrogens (tertiary/aromatic N) is 3. The van der Waals surface area contributed by atoms with Crippen LogP contribution >= 0.6 is 0 Å². The first-order valence-electron chi connectivity index (χ1n) is 12.4. The van der Waals surface area contributed by atoms with Gasteiger partial charge in [-0.3, -0.25) is 4.79 Å². The Labute approximate surface area is 227 Å². The van der Waals surface area contributed by atoms with Crippen molar-refractivity contribution in [3.63, 3.8) is 0 Å². The second-order valence-corrected chi connectivity index (χ2v) is 10.1. The lowest BCUT2D eigenvalue weighted by Crippen LogP contribution is -2.49. The van der Waals surface area contributed by atoms with E-state index in [0.29, 0.717) is 13.1 Å². The van der Waals surface area contributed by atoms with Crippen LogP contribution in [0.25, 0.3) is 0 Å². The van der Waals surface area contributed by atoms with Crippen molar-refractivity contribution in [2.45, 2.75) is 54.2 Å². The monoisotopic (exact) mass is 537 g/mol. The number of urea groups is 2. The minimum absolute atomic E-state index is 0. The average Bonchev–Trinajstić information content (AvgIpc) is 2.81. The van der Waals surface area contributed by atoms with Crippen LogP contribution in [0.3, 0.4) is 0 Å². The molecule has 0 radical (unpaired) electrons. The number of carbonyl (C=O) groups excluding carboxylic acids is 4. The maximum absolute atomic E-state index is 12.9. The number of amides is 5. The highest BCUT2D eigenvalue weighted by Gasteiger charge is 2.23. The summed E-state index contributed by atoms with van der Waals surface area (Å²) in [6.07, 6.45) is -0.455. The van der Waals surface area contributed by atoms with Crippen LogP contribution in [-0.2, 0) is 20.8 Å². The van der Waals surface area contributed by atoms with Crippen molar-refractivity contribution in [2.24, 2.45) is 5.92 Å². The highest BCUT2D eigenvalue weighted by molar-refractivity contribution is 5.80. The van der Waals surface area contributed by atoms with E-state index in [2.05, 4.69) is 15.4 Å². The zero-order chi connectivity index (χ0) is 28.0. The van der Waals surface area contributed by atoms with E-state index in [1.165, 1.54) is 19.1 Å². The second-order valence-electron chi connectivity index (χ2n) is 10.1. The van der Waals surface area contributed by atoms with Crippen molar-refractivity contribution in [1.29, 1.82) is 0 Å². The molecule has 0 aliphatic rings. The molecular formula is C27H47N5O6. The fourth-order valence-electron chi connectivity index (χ4n) is 3.25. The zero-order valence-corrected chi connectivity index (χ0v) is 23.2. The Balaban J connectivity index is 0.0000137. The highest BCUT2D eigenvalue weighted by Crippen LogP contribution is 2.12. The normalized spacial score (nSPS) is 10.6. The molecule has 11 nitrogen and oxygen atoms in total. The molecule has 0 saturated heterocycles. The standard InChI is InChI=1S/C26H43N5O6.CH4/c1-20(2)17-30(15-13-27-23(33)29(6)19-22(32)36-7)24(34)28-14-16-31(25(35)37-26(3,4)5)18-21-11-9-8-10-12-21;/h8-12,20H,13-19H2,1-7H3,(H,27,33)(H,28,34);1H4. The van der Waals surface area contributed by atoms with Gasteiger partial charge in [-0.05, 0) is 32.3 Å². The molecule has 1 aromatic carbocycles. The van der Waals surface area contributed by atoms with Crippen LogP contribution < -0.4 is 10.6 Å². The summed E-state index contributed by atoms with van der Waals surface area (Å²) in [7, 11) is 2.74. The molecule has 38 heavy (non-hydrogen) atoms. The third kappa shape index (κ3) is 14.3. The van der Waals surface area contributed by atoms with Crippen molar-refractivity contribution in [3.8, 4) is 0 Å². The molecule has 1 rings (SSSR count). The molecule has 5 amide bonds. The van der Waals surface area contributed by atoms with E-state index in [9.17, 15) is 19.2 Å². The number of esters is 1. The van der Waals surface area contributed by atoms with Gasteiger partial charge < -0.3 is 34.8 Å². The Kier molecular flexibility index (Phi) is 15.5. The molecule has 0 aromatic heterocycles. The number of carbonyl (C=O) groups is 4. The third-order valence-corrected chi connectivity index (χ3v) is 5.00. The number of likely N-dealkylation sites (N-methyl/N-ethyl adjacent to an activating group) is 1. The molecule has 0 aliphatic carbocycles. The van der Waals surface area contributed by atoms with Crippen molar-refractivity contribution in [1.82, 2.24) is 25.3 Å². The summed E-state index contributed by atoms with van der Waals surface area (Å²) in [5, 5.41) is 5.57. The van der Waals surface area contributed by atoms with Crippen LogP contribution in [0.1, 0.15) is 47.6 Å². The van der Waals surface area contributed by atoms with E-state index in [1.54, 1.807) is 9.80 Å². The van der Waals surface area contributed by atoms with Gasteiger partial charge in [0.05, 0.1) is 7.11 Å². The number of methoxy groups -OCH3 is 1. The van der Waals surface area contributed by atoms with E-state index in [1.807, 2.05) is 65.0 Å². The number of rotatable bonds is 12. The molecule has 0 saturated carbocycles. The van der Waals surface area contributed by atoms with Gasteiger partial charge in [0, 0.05) is 46.3 Å². The molecule has 2 N–H and O–H groups in total. The molecule has 0 unspecified atom stereocenters. The molecule has 0 spiro atoms. The van der Waals surface area contributed by atoms with E-state index in [4.69, 9.17) is 4.74 Å². The highest BCUT2D eigenvalue weighted by atomic mass is 16.6. The maximum atomic E-state index is 12.9. The summed E-state index contributed by atoms with van der Waals surface area (Å²) < 4.78 is 10.1.